The number of nitrogens with zero attached hydrogens (tertiary/aromatic N) is 1. The van der Waals surface area contributed by atoms with Gasteiger partial charge in [-0.05, 0) is 49.6 Å². The third kappa shape index (κ3) is 3.74. The third-order valence-electron chi connectivity index (χ3n) is 3.56. The summed E-state index contributed by atoms with van der Waals surface area (Å²) in [7, 11) is 0. The van der Waals surface area contributed by atoms with E-state index in [1.165, 1.54) is 5.56 Å². The van der Waals surface area contributed by atoms with Crippen molar-refractivity contribution in [3.8, 4) is 11.6 Å². The third-order valence-corrected chi connectivity index (χ3v) is 3.90. The zero-order valence-corrected chi connectivity index (χ0v) is 13.7. The van der Waals surface area contributed by atoms with Crippen molar-refractivity contribution in [1.82, 2.24) is 10.3 Å². The minimum atomic E-state index is 0.573. The molecule has 0 aliphatic heterocycles. The molecule has 0 saturated heterocycles. The molecule has 2 aromatic rings. The molecule has 21 heavy (non-hydrogen) atoms. The smallest absolute Gasteiger partial charge is 0.219 e. The van der Waals surface area contributed by atoms with Gasteiger partial charge in [-0.1, -0.05) is 30.7 Å². The van der Waals surface area contributed by atoms with Gasteiger partial charge in [0.15, 0.2) is 0 Å². The maximum absolute atomic E-state index is 6.16. The highest BCUT2D eigenvalue weighted by Crippen LogP contribution is 2.31. The van der Waals surface area contributed by atoms with Crippen LogP contribution in [0.25, 0.3) is 0 Å². The van der Waals surface area contributed by atoms with Crippen molar-refractivity contribution < 1.29 is 4.74 Å². The summed E-state index contributed by atoms with van der Waals surface area (Å²) in [5.74, 6) is 1.45. The van der Waals surface area contributed by atoms with E-state index in [9.17, 15) is 0 Å². The molecule has 0 bridgehead atoms. The van der Waals surface area contributed by atoms with E-state index in [-0.39, 0.29) is 0 Å². The van der Waals surface area contributed by atoms with Crippen molar-refractivity contribution in [2.75, 3.05) is 6.54 Å². The quantitative estimate of drug-likeness (QED) is 0.879. The van der Waals surface area contributed by atoms with Gasteiger partial charge >= 0.3 is 0 Å². The monoisotopic (exact) mass is 304 g/mol. The summed E-state index contributed by atoms with van der Waals surface area (Å²) < 4.78 is 6.00. The molecule has 1 aromatic carbocycles. The van der Waals surface area contributed by atoms with Gasteiger partial charge in [0.25, 0.3) is 0 Å². The first-order chi connectivity index (χ1) is 10.0. The normalized spacial score (nSPS) is 10.7. The second kappa shape index (κ2) is 6.92. The molecular formula is C17H21ClN2O. The Morgan fingerprint density at radius 3 is 2.62 bits per heavy atom. The lowest BCUT2D eigenvalue weighted by Crippen LogP contribution is -2.12. The molecule has 3 nitrogen and oxygen atoms in total. The molecule has 0 aliphatic rings. The van der Waals surface area contributed by atoms with Gasteiger partial charge in [-0.25, -0.2) is 4.98 Å². The summed E-state index contributed by atoms with van der Waals surface area (Å²) in [6, 6.07) is 6.06. The number of hydrogen-bond acceptors (Lipinski definition) is 3. The largest absolute Gasteiger partial charge is 0.438 e. The first-order valence-electron chi connectivity index (χ1n) is 7.12. The topological polar surface area (TPSA) is 34.1 Å². The van der Waals surface area contributed by atoms with Crippen molar-refractivity contribution in [2.24, 2.45) is 0 Å². The van der Waals surface area contributed by atoms with Gasteiger partial charge in [-0.15, -0.1) is 0 Å². The Morgan fingerprint density at radius 2 is 1.90 bits per heavy atom. The molecule has 112 valence electrons. The lowest BCUT2D eigenvalue weighted by molar-refractivity contribution is 0.454. The van der Waals surface area contributed by atoms with Crippen LogP contribution in [0, 0.1) is 20.8 Å². The molecular weight excluding hydrogens is 284 g/mol. The predicted molar refractivity (Wildman–Crippen MR) is 87.4 cm³/mol. The van der Waals surface area contributed by atoms with Crippen LogP contribution in [0.15, 0.2) is 24.4 Å². The van der Waals surface area contributed by atoms with Crippen LogP contribution >= 0.6 is 11.6 Å². The van der Waals surface area contributed by atoms with Crippen LogP contribution in [-0.4, -0.2) is 11.5 Å². The van der Waals surface area contributed by atoms with Gasteiger partial charge < -0.3 is 10.1 Å². The summed E-state index contributed by atoms with van der Waals surface area (Å²) >= 11 is 6.16. The number of benzene rings is 1. The summed E-state index contributed by atoms with van der Waals surface area (Å²) in [5, 5.41) is 3.91. The highest BCUT2D eigenvalue weighted by atomic mass is 35.5. The average Bonchev–Trinajstić information content (AvgIpc) is 2.48. The van der Waals surface area contributed by atoms with Crippen LogP contribution < -0.4 is 10.1 Å². The van der Waals surface area contributed by atoms with Crippen LogP contribution in [-0.2, 0) is 6.54 Å². The molecule has 0 radical (unpaired) electrons. The van der Waals surface area contributed by atoms with E-state index in [4.69, 9.17) is 16.3 Å². The molecule has 1 N–H and O–H groups in total. The molecule has 0 spiro atoms. The molecule has 0 aliphatic carbocycles. The van der Waals surface area contributed by atoms with Crippen LogP contribution in [0.4, 0.5) is 0 Å². The second-order valence-corrected chi connectivity index (χ2v) is 5.56. The lowest BCUT2D eigenvalue weighted by atomic mass is 10.1. The fourth-order valence-corrected chi connectivity index (χ4v) is 2.27. The van der Waals surface area contributed by atoms with E-state index in [1.807, 2.05) is 13.0 Å². The molecule has 0 fully saturated rings. The summed E-state index contributed by atoms with van der Waals surface area (Å²) in [6.45, 7) is 9.84. The van der Waals surface area contributed by atoms with Crippen LogP contribution in [0.5, 0.6) is 11.6 Å². The SMILES string of the molecule is CCNCc1cc(Oc2c(C)ccc(C)c2C)ncc1Cl. The number of aromatic nitrogens is 1. The van der Waals surface area contributed by atoms with Gasteiger partial charge in [-0.3, -0.25) is 0 Å². The summed E-state index contributed by atoms with van der Waals surface area (Å²) in [4.78, 5) is 4.27. The summed E-state index contributed by atoms with van der Waals surface area (Å²) in [6.07, 6.45) is 1.64. The van der Waals surface area contributed by atoms with Crippen molar-refractivity contribution >= 4 is 11.6 Å². The van der Waals surface area contributed by atoms with Crippen LogP contribution in [0.3, 0.4) is 0 Å². The van der Waals surface area contributed by atoms with Gasteiger partial charge in [0, 0.05) is 18.8 Å². The Labute approximate surface area is 131 Å². The Balaban J connectivity index is 2.30. The van der Waals surface area contributed by atoms with Gasteiger partial charge in [0.05, 0.1) is 5.02 Å². The number of rotatable bonds is 5. The number of hydrogen-bond donors (Lipinski definition) is 1. The molecule has 0 unspecified atom stereocenters. The highest BCUT2D eigenvalue weighted by Gasteiger charge is 2.10. The van der Waals surface area contributed by atoms with Crippen LogP contribution in [0.1, 0.15) is 29.2 Å². The van der Waals surface area contributed by atoms with Gasteiger partial charge in [0.2, 0.25) is 5.88 Å². The lowest BCUT2D eigenvalue weighted by Gasteiger charge is -2.14. The molecule has 1 aromatic heterocycles. The van der Waals surface area contributed by atoms with E-state index < -0.39 is 0 Å². The Hall–Kier alpha value is -1.58. The molecule has 1 heterocycles. The van der Waals surface area contributed by atoms with E-state index in [1.54, 1.807) is 6.20 Å². The van der Waals surface area contributed by atoms with Crippen LogP contribution in [0.2, 0.25) is 5.02 Å². The van der Waals surface area contributed by atoms with E-state index in [2.05, 4.69) is 43.2 Å². The minimum absolute atomic E-state index is 0.573. The standard InChI is InChI=1S/C17H21ClN2O/c1-5-19-9-14-8-16(20-10-15(14)18)21-17-12(3)7-6-11(2)13(17)4/h6-8,10,19H,5,9H2,1-4H3. The van der Waals surface area contributed by atoms with Crippen molar-refractivity contribution in [2.45, 2.75) is 34.2 Å². The number of halogens is 1. The zero-order chi connectivity index (χ0) is 15.4. The van der Waals surface area contributed by atoms with Gasteiger partial charge in [0.1, 0.15) is 5.75 Å². The van der Waals surface area contributed by atoms with E-state index >= 15 is 0 Å². The van der Waals surface area contributed by atoms with Crippen molar-refractivity contribution in [3.05, 3.63) is 51.7 Å². The van der Waals surface area contributed by atoms with E-state index in [0.717, 1.165) is 29.0 Å². The predicted octanol–water partition coefficient (Wildman–Crippen LogP) is 4.56. The van der Waals surface area contributed by atoms with Gasteiger partial charge in [-0.2, -0.15) is 0 Å². The first-order valence-corrected chi connectivity index (χ1v) is 7.50. The molecule has 4 heteroatoms. The second-order valence-electron chi connectivity index (χ2n) is 5.15. The Morgan fingerprint density at radius 1 is 1.19 bits per heavy atom. The molecule has 2 rings (SSSR count). The maximum atomic E-state index is 6.16. The minimum Gasteiger partial charge on any atom is -0.438 e. The number of aryl methyl sites for hydroxylation is 2. The van der Waals surface area contributed by atoms with Crippen molar-refractivity contribution in [1.29, 1.82) is 0 Å². The highest BCUT2D eigenvalue weighted by molar-refractivity contribution is 6.31. The van der Waals surface area contributed by atoms with Crippen molar-refractivity contribution in [3.63, 3.8) is 0 Å². The first kappa shape index (κ1) is 15.8. The molecule has 0 saturated carbocycles. The molecule has 0 atom stereocenters. The maximum Gasteiger partial charge on any atom is 0.219 e. The average molecular weight is 305 g/mol. The number of pyridine rings is 1. The molecule has 0 amide bonds. The fraction of sp³-hybridized carbons (Fsp3) is 0.353. The zero-order valence-electron chi connectivity index (χ0n) is 13.0. The van der Waals surface area contributed by atoms with E-state index in [0.29, 0.717) is 17.4 Å². The number of ether oxygens (including phenoxy) is 1. The Bertz CT molecular complexity index is 641. The Kier molecular flexibility index (Phi) is 5.21. The fourth-order valence-electron chi connectivity index (χ4n) is 2.10. The summed E-state index contributed by atoms with van der Waals surface area (Å²) in [5.41, 5.74) is 4.44. The number of nitrogens with one attached hydrogen (secondary N) is 1.